The summed E-state index contributed by atoms with van der Waals surface area (Å²) in [6, 6.07) is 6.30. The van der Waals surface area contributed by atoms with Crippen molar-refractivity contribution in [3.63, 3.8) is 0 Å². The van der Waals surface area contributed by atoms with Crippen LogP contribution in [0.4, 0.5) is 0 Å². The van der Waals surface area contributed by atoms with Crippen LogP contribution in [0.15, 0.2) is 34.7 Å². The minimum Gasteiger partial charge on any atom is -0.377 e. The number of hydrogen-bond acceptors (Lipinski definition) is 4. The van der Waals surface area contributed by atoms with Crippen LogP contribution in [-0.4, -0.2) is 22.3 Å². The Bertz CT molecular complexity index is 925. The molecule has 0 fully saturated rings. The molecule has 0 amide bonds. The van der Waals surface area contributed by atoms with Crippen molar-refractivity contribution < 1.29 is 4.74 Å². The predicted molar refractivity (Wildman–Crippen MR) is 99.9 cm³/mol. The van der Waals surface area contributed by atoms with E-state index in [1.807, 2.05) is 19.2 Å². The predicted octanol–water partition coefficient (Wildman–Crippen LogP) is 4.17. The molecule has 0 saturated heterocycles. The molecule has 126 valence electrons. The Morgan fingerprint density at radius 3 is 2.75 bits per heavy atom. The Balaban J connectivity index is 2.03. The summed E-state index contributed by atoms with van der Waals surface area (Å²) in [6.07, 6.45) is 1.78. The highest BCUT2D eigenvalue weighted by atomic mass is 32.1. The number of nitrogens with zero attached hydrogens (tertiary/aromatic N) is 2. The Hall–Kier alpha value is -1.98. The average molecular weight is 342 g/mol. The molecule has 4 nitrogen and oxygen atoms in total. The zero-order valence-electron chi connectivity index (χ0n) is 14.5. The molecule has 0 aliphatic heterocycles. The van der Waals surface area contributed by atoms with Gasteiger partial charge in [-0.15, -0.1) is 11.3 Å². The monoisotopic (exact) mass is 342 g/mol. The number of rotatable bonds is 5. The van der Waals surface area contributed by atoms with Crippen LogP contribution < -0.4 is 5.56 Å². The number of hydrogen-bond donors (Lipinski definition) is 0. The molecule has 24 heavy (non-hydrogen) atoms. The van der Waals surface area contributed by atoms with Crippen LogP contribution in [0.3, 0.4) is 0 Å². The van der Waals surface area contributed by atoms with Gasteiger partial charge >= 0.3 is 0 Å². The van der Waals surface area contributed by atoms with Crippen LogP contribution in [0.1, 0.15) is 25.0 Å². The van der Waals surface area contributed by atoms with Crippen molar-refractivity contribution in [1.29, 1.82) is 0 Å². The number of aromatic nitrogens is 2. The van der Waals surface area contributed by atoms with Gasteiger partial charge in [-0.3, -0.25) is 9.36 Å². The number of benzene rings is 1. The third-order valence-electron chi connectivity index (χ3n) is 4.16. The van der Waals surface area contributed by atoms with Crippen molar-refractivity contribution in [2.24, 2.45) is 0 Å². The maximum atomic E-state index is 12.9. The number of thiophene rings is 1. The summed E-state index contributed by atoms with van der Waals surface area (Å²) in [6.45, 7) is 9.18. The Morgan fingerprint density at radius 2 is 2.04 bits per heavy atom. The van der Waals surface area contributed by atoms with E-state index in [4.69, 9.17) is 4.74 Å². The van der Waals surface area contributed by atoms with Crippen molar-refractivity contribution in [3.8, 4) is 11.1 Å². The van der Waals surface area contributed by atoms with Gasteiger partial charge in [0.25, 0.3) is 5.56 Å². The first-order chi connectivity index (χ1) is 11.5. The lowest BCUT2D eigenvalue weighted by Crippen LogP contribution is -2.23. The van der Waals surface area contributed by atoms with E-state index < -0.39 is 0 Å². The SMILES string of the molecule is Cc1ccc(-c2csc3ncn(CCOC(C)C)c(=O)c23)cc1C. The van der Waals surface area contributed by atoms with Crippen LogP contribution >= 0.6 is 11.3 Å². The standard InChI is InChI=1S/C19H22N2O2S/c1-12(2)23-8-7-21-11-20-18-17(19(21)22)16(10-24-18)15-6-5-13(3)14(4)9-15/h5-6,9-12H,7-8H2,1-4H3. The fourth-order valence-corrected chi connectivity index (χ4v) is 3.54. The third-order valence-corrected chi connectivity index (χ3v) is 5.05. The summed E-state index contributed by atoms with van der Waals surface area (Å²) >= 11 is 1.51. The van der Waals surface area contributed by atoms with E-state index in [0.717, 1.165) is 16.0 Å². The second kappa shape index (κ2) is 6.87. The third kappa shape index (κ3) is 3.28. The average Bonchev–Trinajstić information content (AvgIpc) is 2.97. The van der Waals surface area contributed by atoms with Gasteiger partial charge in [-0.2, -0.15) is 0 Å². The smallest absolute Gasteiger partial charge is 0.262 e. The van der Waals surface area contributed by atoms with Crippen molar-refractivity contribution in [2.45, 2.75) is 40.3 Å². The van der Waals surface area contributed by atoms with Gasteiger partial charge in [0.2, 0.25) is 0 Å². The minimum absolute atomic E-state index is 0.00170. The van der Waals surface area contributed by atoms with E-state index >= 15 is 0 Å². The largest absolute Gasteiger partial charge is 0.377 e. The normalized spacial score (nSPS) is 11.5. The van der Waals surface area contributed by atoms with E-state index in [2.05, 4.69) is 37.0 Å². The Morgan fingerprint density at radius 1 is 1.25 bits per heavy atom. The molecule has 5 heteroatoms. The Kier molecular flexibility index (Phi) is 4.83. The summed E-state index contributed by atoms with van der Waals surface area (Å²) in [5.41, 5.74) is 4.51. The maximum Gasteiger partial charge on any atom is 0.262 e. The lowest BCUT2D eigenvalue weighted by Gasteiger charge is -2.09. The van der Waals surface area contributed by atoms with Crippen molar-refractivity contribution in [1.82, 2.24) is 9.55 Å². The maximum absolute atomic E-state index is 12.9. The van der Waals surface area contributed by atoms with Crippen molar-refractivity contribution >= 4 is 21.6 Å². The zero-order chi connectivity index (χ0) is 17.3. The van der Waals surface area contributed by atoms with E-state index in [1.54, 1.807) is 10.9 Å². The summed E-state index contributed by atoms with van der Waals surface area (Å²) in [5, 5.41) is 2.73. The number of aryl methyl sites for hydroxylation is 2. The first-order valence-electron chi connectivity index (χ1n) is 8.13. The molecule has 0 radical (unpaired) electrons. The van der Waals surface area contributed by atoms with Crippen molar-refractivity contribution in [2.75, 3.05) is 6.61 Å². The lowest BCUT2D eigenvalue weighted by molar-refractivity contribution is 0.0722. The van der Waals surface area contributed by atoms with E-state index in [-0.39, 0.29) is 11.7 Å². The first-order valence-corrected chi connectivity index (χ1v) is 9.01. The second-order valence-corrected chi connectivity index (χ2v) is 7.15. The van der Waals surface area contributed by atoms with Crippen LogP contribution in [0.25, 0.3) is 21.3 Å². The van der Waals surface area contributed by atoms with Crippen LogP contribution in [0.2, 0.25) is 0 Å². The molecule has 3 aromatic rings. The van der Waals surface area contributed by atoms with Gasteiger partial charge in [-0.25, -0.2) is 4.98 Å². The molecular formula is C19H22N2O2S. The highest BCUT2D eigenvalue weighted by Gasteiger charge is 2.13. The van der Waals surface area contributed by atoms with Gasteiger partial charge in [0.15, 0.2) is 0 Å². The number of fused-ring (bicyclic) bond motifs is 1. The van der Waals surface area contributed by atoms with Gasteiger partial charge in [-0.05, 0) is 44.4 Å². The molecule has 2 heterocycles. The van der Waals surface area contributed by atoms with E-state index in [9.17, 15) is 4.79 Å². The molecule has 0 atom stereocenters. The number of ether oxygens (including phenoxy) is 1. The molecule has 0 bridgehead atoms. The van der Waals surface area contributed by atoms with Gasteiger partial charge in [0, 0.05) is 10.9 Å². The van der Waals surface area contributed by atoms with Gasteiger partial charge in [0.05, 0.1) is 31.0 Å². The van der Waals surface area contributed by atoms with E-state index in [0.29, 0.717) is 18.5 Å². The lowest BCUT2D eigenvalue weighted by atomic mass is 10.0. The minimum atomic E-state index is 0.00170. The summed E-state index contributed by atoms with van der Waals surface area (Å²) < 4.78 is 7.19. The molecule has 0 aliphatic rings. The molecule has 3 rings (SSSR count). The van der Waals surface area contributed by atoms with Crippen LogP contribution in [0, 0.1) is 13.8 Å². The molecule has 1 aromatic carbocycles. The topological polar surface area (TPSA) is 44.1 Å². The summed E-state index contributed by atoms with van der Waals surface area (Å²) in [7, 11) is 0. The molecule has 0 saturated carbocycles. The van der Waals surface area contributed by atoms with E-state index in [1.165, 1.54) is 22.5 Å². The highest BCUT2D eigenvalue weighted by Crippen LogP contribution is 2.31. The molecule has 0 unspecified atom stereocenters. The summed E-state index contributed by atoms with van der Waals surface area (Å²) in [5.74, 6) is 0. The molecule has 2 aromatic heterocycles. The zero-order valence-corrected chi connectivity index (χ0v) is 15.3. The molecular weight excluding hydrogens is 320 g/mol. The van der Waals surface area contributed by atoms with Crippen molar-refractivity contribution in [3.05, 3.63) is 51.4 Å². The molecule has 0 aliphatic carbocycles. The van der Waals surface area contributed by atoms with Crippen LogP contribution in [-0.2, 0) is 11.3 Å². The van der Waals surface area contributed by atoms with Gasteiger partial charge in [0.1, 0.15) is 4.83 Å². The fraction of sp³-hybridized carbons (Fsp3) is 0.368. The summed E-state index contributed by atoms with van der Waals surface area (Å²) in [4.78, 5) is 18.1. The second-order valence-electron chi connectivity index (χ2n) is 6.29. The molecule has 0 spiro atoms. The fourth-order valence-electron chi connectivity index (χ4n) is 2.64. The van der Waals surface area contributed by atoms with Gasteiger partial charge < -0.3 is 4.74 Å². The van der Waals surface area contributed by atoms with Gasteiger partial charge in [-0.1, -0.05) is 18.2 Å². The quantitative estimate of drug-likeness (QED) is 0.699. The highest BCUT2D eigenvalue weighted by molar-refractivity contribution is 7.17. The van der Waals surface area contributed by atoms with Crippen LogP contribution in [0.5, 0.6) is 0 Å². The molecule has 0 N–H and O–H groups in total. The Labute approximate surface area is 145 Å². The first kappa shape index (κ1) is 16.9.